The third kappa shape index (κ3) is 3.53. The summed E-state index contributed by atoms with van der Waals surface area (Å²) in [5, 5.41) is 0. The zero-order chi connectivity index (χ0) is 22.0. The highest BCUT2D eigenvalue weighted by atomic mass is 19.4. The molecule has 10 heteroatoms. The number of carbonyl (C=O) groups is 2. The van der Waals surface area contributed by atoms with Gasteiger partial charge in [-0.05, 0) is 62.3 Å². The van der Waals surface area contributed by atoms with Crippen molar-refractivity contribution < 1.29 is 27.5 Å². The number of hydrogen-bond donors (Lipinski definition) is 1. The standard InChI is InChI=1S/C21H25F3N4O3/c22-21(23,24)15-1-3-26-17(27-15)12-2-4-28(10-12)19(30)31-16-13-5-11-6-14(16)9-20(7-11,8-13)18(25)29/h1,3,11-14,16H,2,4-10H2,(H2,25,29)/t11?,12?,13?,14?,16-,20-. The zero-order valence-corrected chi connectivity index (χ0v) is 17.0. The van der Waals surface area contributed by atoms with Crippen LogP contribution in [0.25, 0.3) is 0 Å². The molecule has 1 aromatic rings. The van der Waals surface area contributed by atoms with Gasteiger partial charge in [-0.3, -0.25) is 4.79 Å². The fourth-order valence-electron chi connectivity index (χ4n) is 6.53. The van der Waals surface area contributed by atoms with Crippen LogP contribution < -0.4 is 5.73 Å². The van der Waals surface area contributed by atoms with Crippen molar-refractivity contribution in [2.45, 2.75) is 56.7 Å². The number of primary amides is 1. The summed E-state index contributed by atoms with van der Waals surface area (Å²) < 4.78 is 44.7. The van der Waals surface area contributed by atoms with Crippen LogP contribution in [-0.4, -0.2) is 46.1 Å². The summed E-state index contributed by atoms with van der Waals surface area (Å²) in [5.74, 6) is 0.268. The van der Waals surface area contributed by atoms with Crippen molar-refractivity contribution in [2.24, 2.45) is 28.9 Å². The maximum Gasteiger partial charge on any atom is 0.433 e. The van der Waals surface area contributed by atoms with Crippen LogP contribution in [0.1, 0.15) is 56.0 Å². The molecular weight excluding hydrogens is 413 g/mol. The molecule has 4 bridgehead atoms. The Morgan fingerprint density at radius 3 is 2.55 bits per heavy atom. The van der Waals surface area contributed by atoms with E-state index in [1.54, 1.807) is 0 Å². The topological polar surface area (TPSA) is 98.4 Å². The van der Waals surface area contributed by atoms with Gasteiger partial charge in [0.1, 0.15) is 17.6 Å². The summed E-state index contributed by atoms with van der Waals surface area (Å²) in [4.78, 5) is 34.1. The maximum atomic E-state index is 12.9. The molecule has 5 aliphatic rings. The van der Waals surface area contributed by atoms with Crippen molar-refractivity contribution in [3.63, 3.8) is 0 Å². The van der Waals surface area contributed by atoms with Gasteiger partial charge in [0, 0.05) is 25.2 Å². The smallest absolute Gasteiger partial charge is 0.433 e. The summed E-state index contributed by atoms with van der Waals surface area (Å²) in [5.41, 5.74) is 4.29. The van der Waals surface area contributed by atoms with E-state index in [-0.39, 0.29) is 42.1 Å². The van der Waals surface area contributed by atoms with Gasteiger partial charge in [0.25, 0.3) is 0 Å². The fourth-order valence-corrected chi connectivity index (χ4v) is 6.53. The van der Waals surface area contributed by atoms with Gasteiger partial charge >= 0.3 is 12.3 Å². The van der Waals surface area contributed by atoms with Gasteiger partial charge in [-0.15, -0.1) is 0 Å². The number of ether oxygens (including phenoxy) is 1. The normalized spacial score (nSPS) is 36.6. The van der Waals surface area contributed by atoms with Gasteiger partial charge in [-0.25, -0.2) is 14.8 Å². The number of amides is 2. The molecule has 6 rings (SSSR count). The Bertz CT molecular complexity index is 892. The van der Waals surface area contributed by atoms with E-state index < -0.39 is 23.4 Å². The molecule has 0 radical (unpaired) electrons. The molecule has 1 saturated heterocycles. The highest BCUT2D eigenvalue weighted by molar-refractivity contribution is 5.81. The number of hydrogen-bond acceptors (Lipinski definition) is 5. The Labute approximate surface area is 177 Å². The van der Waals surface area contributed by atoms with Gasteiger partial charge in [0.15, 0.2) is 0 Å². The van der Waals surface area contributed by atoms with E-state index in [0.29, 0.717) is 31.7 Å². The first-order chi connectivity index (χ1) is 14.6. The number of nitrogens with two attached hydrogens (primary N) is 1. The van der Waals surface area contributed by atoms with E-state index in [4.69, 9.17) is 10.5 Å². The molecule has 2 heterocycles. The largest absolute Gasteiger partial charge is 0.446 e. The van der Waals surface area contributed by atoms with Crippen LogP contribution in [0.5, 0.6) is 0 Å². The number of aromatic nitrogens is 2. The molecule has 0 aromatic carbocycles. The van der Waals surface area contributed by atoms with E-state index in [9.17, 15) is 22.8 Å². The summed E-state index contributed by atoms with van der Waals surface area (Å²) >= 11 is 0. The summed E-state index contributed by atoms with van der Waals surface area (Å²) in [6.45, 7) is 0.620. The number of carbonyl (C=O) groups excluding carboxylic acids is 2. The molecule has 7 nitrogen and oxygen atoms in total. The number of rotatable bonds is 3. The molecular formula is C21H25F3N4O3. The third-order valence-corrected chi connectivity index (χ3v) is 7.72. The molecule has 5 fully saturated rings. The molecule has 4 aliphatic carbocycles. The molecule has 2 N–H and O–H groups in total. The van der Waals surface area contributed by atoms with Crippen molar-refractivity contribution in [2.75, 3.05) is 13.1 Å². The van der Waals surface area contributed by atoms with Gasteiger partial charge < -0.3 is 15.4 Å². The Morgan fingerprint density at radius 1 is 1.19 bits per heavy atom. The van der Waals surface area contributed by atoms with Gasteiger partial charge in [0.2, 0.25) is 5.91 Å². The fraction of sp³-hybridized carbons (Fsp3) is 0.714. The summed E-state index contributed by atoms with van der Waals surface area (Å²) in [7, 11) is 0. The van der Waals surface area contributed by atoms with E-state index >= 15 is 0 Å². The number of nitrogens with zero attached hydrogens (tertiary/aromatic N) is 3. The van der Waals surface area contributed by atoms with Crippen molar-refractivity contribution in [3.05, 3.63) is 23.8 Å². The van der Waals surface area contributed by atoms with Crippen molar-refractivity contribution in [3.8, 4) is 0 Å². The number of halogens is 3. The van der Waals surface area contributed by atoms with Crippen LogP contribution in [0, 0.1) is 23.2 Å². The van der Waals surface area contributed by atoms with Gasteiger partial charge in [0.05, 0.1) is 5.41 Å². The first kappa shape index (κ1) is 20.5. The summed E-state index contributed by atoms with van der Waals surface area (Å²) in [6, 6.07) is 0.843. The molecule has 4 saturated carbocycles. The predicted octanol–water partition coefficient (Wildman–Crippen LogP) is 3.10. The zero-order valence-electron chi connectivity index (χ0n) is 17.0. The van der Waals surface area contributed by atoms with E-state index in [1.165, 1.54) is 4.90 Å². The van der Waals surface area contributed by atoms with Crippen molar-refractivity contribution in [1.82, 2.24) is 14.9 Å². The average molecular weight is 438 g/mol. The van der Waals surface area contributed by atoms with Crippen molar-refractivity contribution >= 4 is 12.0 Å². The summed E-state index contributed by atoms with van der Waals surface area (Å²) in [6.07, 6.45) is 0.490. The third-order valence-electron chi connectivity index (χ3n) is 7.72. The van der Waals surface area contributed by atoms with Crippen LogP contribution in [0.4, 0.5) is 18.0 Å². The quantitative estimate of drug-likeness (QED) is 0.782. The lowest BCUT2D eigenvalue weighted by atomic mass is 9.48. The van der Waals surface area contributed by atoms with Crippen LogP contribution in [0.3, 0.4) is 0 Å². The Balaban J connectivity index is 1.23. The minimum absolute atomic E-state index is 0.100. The maximum absolute atomic E-state index is 12.9. The molecule has 31 heavy (non-hydrogen) atoms. The van der Waals surface area contributed by atoms with Crippen LogP contribution in [-0.2, 0) is 15.7 Å². The average Bonchev–Trinajstić information content (AvgIpc) is 3.20. The van der Waals surface area contributed by atoms with Crippen molar-refractivity contribution in [1.29, 1.82) is 0 Å². The molecule has 1 aliphatic heterocycles. The van der Waals surface area contributed by atoms with Gasteiger partial charge in [-0.1, -0.05) is 0 Å². The first-order valence-electron chi connectivity index (χ1n) is 10.8. The lowest BCUT2D eigenvalue weighted by molar-refractivity contribution is -0.161. The van der Waals surface area contributed by atoms with Crippen LogP contribution in [0.2, 0.25) is 0 Å². The number of alkyl halides is 3. The second-order valence-corrected chi connectivity index (χ2v) is 9.69. The molecule has 2 amide bonds. The minimum Gasteiger partial charge on any atom is -0.446 e. The Morgan fingerprint density at radius 2 is 1.90 bits per heavy atom. The van der Waals surface area contributed by atoms with E-state index in [0.717, 1.165) is 31.5 Å². The van der Waals surface area contributed by atoms with E-state index in [1.807, 2.05) is 0 Å². The minimum atomic E-state index is -4.53. The SMILES string of the molecule is NC(=O)[C@]12CC3CC(C1)[C@@H](OC(=O)N1CCC(c4nccc(C(F)(F)F)n4)C1)C(C3)C2. The van der Waals surface area contributed by atoms with Crippen LogP contribution in [0.15, 0.2) is 12.3 Å². The predicted molar refractivity (Wildman–Crippen MR) is 101 cm³/mol. The lowest BCUT2D eigenvalue weighted by Crippen LogP contribution is -2.59. The highest BCUT2D eigenvalue weighted by Gasteiger charge is 2.59. The second kappa shape index (κ2) is 7.06. The highest BCUT2D eigenvalue weighted by Crippen LogP contribution is 2.60. The molecule has 1 aromatic heterocycles. The first-order valence-corrected chi connectivity index (χ1v) is 10.8. The molecule has 168 valence electrons. The molecule has 3 atom stereocenters. The molecule has 3 unspecified atom stereocenters. The Kier molecular flexibility index (Phi) is 4.67. The second-order valence-electron chi connectivity index (χ2n) is 9.69. The monoisotopic (exact) mass is 438 g/mol. The van der Waals surface area contributed by atoms with Gasteiger partial charge in [-0.2, -0.15) is 13.2 Å². The lowest BCUT2D eigenvalue weighted by Gasteiger charge is -2.58. The van der Waals surface area contributed by atoms with Crippen LogP contribution >= 0.6 is 0 Å². The molecule has 0 spiro atoms. The Hall–Kier alpha value is -2.39. The number of likely N-dealkylation sites (tertiary alicyclic amines) is 1. The van der Waals surface area contributed by atoms with E-state index in [2.05, 4.69) is 9.97 Å².